The highest BCUT2D eigenvalue weighted by Crippen LogP contribution is 2.16. The fraction of sp³-hybridized carbons (Fsp3) is 0.714. The summed E-state index contributed by atoms with van der Waals surface area (Å²) in [4.78, 5) is 14.7. The number of hydrogen-bond donors (Lipinski definition) is 1. The lowest BCUT2D eigenvalue weighted by atomic mass is 10.0. The third-order valence-corrected chi connectivity index (χ3v) is 3.87. The summed E-state index contributed by atoms with van der Waals surface area (Å²) in [5.74, 6) is 0.575. The van der Waals surface area contributed by atoms with Crippen LogP contribution in [0.2, 0.25) is 0 Å². The zero-order chi connectivity index (χ0) is 13.8. The van der Waals surface area contributed by atoms with Gasteiger partial charge in [-0.05, 0) is 32.7 Å². The van der Waals surface area contributed by atoms with E-state index in [0.29, 0.717) is 17.7 Å². The lowest BCUT2D eigenvalue weighted by Crippen LogP contribution is -2.44. The first-order chi connectivity index (χ1) is 9.15. The summed E-state index contributed by atoms with van der Waals surface area (Å²) in [6, 6.07) is 0.273. The van der Waals surface area contributed by atoms with Gasteiger partial charge in [0.05, 0.1) is 5.69 Å². The van der Waals surface area contributed by atoms with Crippen molar-refractivity contribution in [1.29, 1.82) is 0 Å². The van der Waals surface area contributed by atoms with E-state index in [0.717, 1.165) is 38.2 Å². The first-order valence-electron chi connectivity index (χ1n) is 7.14. The minimum absolute atomic E-state index is 0.0365. The maximum atomic E-state index is 12.3. The van der Waals surface area contributed by atoms with Gasteiger partial charge in [0.1, 0.15) is 11.3 Å². The molecule has 0 saturated carbocycles. The van der Waals surface area contributed by atoms with E-state index in [1.807, 2.05) is 6.92 Å². The molecule has 2 rings (SSSR count). The third-order valence-electron chi connectivity index (χ3n) is 3.87. The van der Waals surface area contributed by atoms with Crippen molar-refractivity contribution in [2.45, 2.75) is 46.1 Å². The van der Waals surface area contributed by atoms with Gasteiger partial charge in [-0.2, -0.15) is 0 Å². The predicted molar refractivity (Wildman–Crippen MR) is 73.2 cm³/mol. The van der Waals surface area contributed by atoms with E-state index in [-0.39, 0.29) is 11.9 Å². The van der Waals surface area contributed by atoms with Gasteiger partial charge < -0.3 is 14.7 Å². The normalized spacial score (nSPS) is 17.6. The molecule has 1 N–H and O–H groups in total. The highest BCUT2D eigenvalue weighted by atomic mass is 16.5. The summed E-state index contributed by atoms with van der Waals surface area (Å²) < 4.78 is 5.11. The molecule has 19 heavy (non-hydrogen) atoms. The SMILES string of the molecule is CCc1noc(C)c1C(=O)NC1CCN(CC)CC1. The summed E-state index contributed by atoms with van der Waals surface area (Å²) in [5.41, 5.74) is 1.38. The molecule has 1 aromatic heterocycles. The van der Waals surface area contributed by atoms with Crippen molar-refractivity contribution in [3.05, 3.63) is 17.0 Å². The summed E-state index contributed by atoms with van der Waals surface area (Å²) in [6.45, 7) is 9.16. The number of rotatable bonds is 4. The Labute approximate surface area is 114 Å². The van der Waals surface area contributed by atoms with Crippen LogP contribution in [0.1, 0.15) is 48.5 Å². The molecule has 5 heteroatoms. The quantitative estimate of drug-likeness (QED) is 0.901. The number of likely N-dealkylation sites (tertiary alicyclic amines) is 1. The van der Waals surface area contributed by atoms with Crippen molar-refractivity contribution >= 4 is 5.91 Å². The zero-order valence-corrected chi connectivity index (χ0v) is 12.0. The highest BCUT2D eigenvalue weighted by molar-refractivity contribution is 5.96. The molecule has 0 spiro atoms. The van der Waals surface area contributed by atoms with Crippen molar-refractivity contribution in [2.24, 2.45) is 0 Å². The highest BCUT2D eigenvalue weighted by Gasteiger charge is 2.24. The summed E-state index contributed by atoms with van der Waals surface area (Å²) in [5, 5.41) is 7.05. The smallest absolute Gasteiger partial charge is 0.257 e. The second-order valence-electron chi connectivity index (χ2n) is 5.10. The van der Waals surface area contributed by atoms with E-state index >= 15 is 0 Å². The topological polar surface area (TPSA) is 58.4 Å². The molecule has 0 bridgehead atoms. The van der Waals surface area contributed by atoms with Crippen molar-refractivity contribution in [3.8, 4) is 0 Å². The predicted octanol–water partition coefficient (Wildman–Crippen LogP) is 1.76. The van der Waals surface area contributed by atoms with E-state index in [9.17, 15) is 4.79 Å². The molecule has 106 valence electrons. The Bertz CT molecular complexity index is 434. The van der Waals surface area contributed by atoms with Crippen molar-refractivity contribution in [3.63, 3.8) is 0 Å². The number of carbonyl (C=O) groups excluding carboxylic acids is 1. The Morgan fingerprint density at radius 3 is 2.68 bits per heavy atom. The molecule has 0 atom stereocenters. The fourth-order valence-electron chi connectivity index (χ4n) is 2.60. The maximum absolute atomic E-state index is 12.3. The molecule has 5 nitrogen and oxygen atoms in total. The largest absolute Gasteiger partial charge is 0.361 e. The third kappa shape index (κ3) is 3.15. The van der Waals surface area contributed by atoms with Crippen LogP contribution in [0, 0.1) is 6.92 Å². The van der Waals surface area contributed by atoms with Crippen LogP contribution in [0.4, 0.5) is 0 Å². The number of aryl methyl sites for hydroxylation is 2. The molecule has 1 aromatic rings. The number of aromatic nitrogens is 1. The molecular weight excluding hydrogens is 242 g/mol. The summed E-state index contributed by atoms with van der Waals surface area (Å²) in [7, 11) is 0. The second-order valence-corrected chi connectivity index (χ2v) is 5.10. The van der Waals surface area contributed by atoms with E-state index in [4.69, 9.17) is 4.52 Å². The molecular formula is C14H23N3O2. The number of amides is 1. The Kier molecular flexibility index (Phi) is 4.58. The molecule has 0 radical (unpaired) electrons. The Hall–Kier alpha value is -1.36. The van der Waals surface area contributed by atoms with Crippen molar-refractivity contribution in [2.75, 3.05) is 19.6 Å². The monoisotopic (exact) mass is 265 g/mol. The summed E-state index contributed by atoms with van der Waals surface area (Å²) >= 11 is 0. The van der Waals surface area contributed by atoms with Gasteiger partial charge in [-0.15, -0.1) is 0 Å². The number of carbonyl (C=O) groups is 1. The van der Waals surface area contributed by atoms with E-state index in [2.05, 4.69) is 22.3 Å². The van der Waals surface area contributed by atoms with Gasteiger partial charge in [0.15, 0.2) is 0 Å². The average molecular weight is 265 g/mol. The van der Waals surface area contributed by atoms with Crippen LogP contribution >= 0.6 is 0 Å². The van der Waals surface area contributed by atoms with Crippen molar-refractivity contribution in [1.82, 2.24) is 15.4 Å². The van der Waals surface area contributed by atoms with Gasteiger partial charge >= 0.3 is 0 Å². The fourth-order valence-corrected chi connectivity index (χ4v) is 2.60. The van der Waals surface area contributed by atoms with Crippen LogP contribution in [-0.2, 0) is 6.42 Å². The van der Waals surface area contributed by atoms with E-state index < -0.39 is 0 Å². The molecule has 1 aliphatic rings. The Morgan fingerprint density at radius 2 is 2.11 bits per heavy atom. The maximum Gasteiger partial charge on any atom is 0.257 e. The van der Waals surface area contributed by atoms with Crippen LogP contribution in [0.3, 0.4) is 0 Å². The molecule has 0 aromatic carbocycles. The van der Waals surface area contributed by atoms with Gasteiger partial charge in [-0.3, -0.25) is 4.79 Å². The van der Waals surface area contributed by atoms with Crippen molar-refractivity contribution < 1.29 is 9.32 Å². The van der Waals surface area contributed by atoms with Gasteiger partial charge in [0.25, 0.3) is 5.91 Å². The van der Waals surface area contributed by atoms with Crippen LogP contribution in [0.5, 0.6) is 0 Å². The van der Waals surface area contributed by atoms with Crippen LogP contribution in [-0.4, -0.2) is 41.6 Å². The number of hydrogen-bond acceptors (Lipinski definition) is 4. The first-order valence-corrected chi connectivity index (χ1v) is 7.14. The van der Waals surface area contributed by atoms with Crippen LogP contribution in [0.25, 0.3) is 0 Å². The minimum atomic E-state index is -0.0365. The number of nitrogens with zero attached hydrogens (tertiary/aromatic N) is 2. The summed E-state index contributed by atoms with van der Waals surface area (Å²) in [6.07, 6.45) is 2.76. The van der Waals surface area contributed by atoms with E-state index in [1.54, 1.807) is 6.92 Å². The molecule has 1 saturated heterocycles. The van der Waals surface area contributed by atoms with E-state index in [1.165, 1.54) is 0 Å². The average Bonchev–Trinajstić information content (AvgIpc) is 2.80. The van der Waals surface area contributed by atoms with Crippen LogP contribution in [0.15, 0.2) is 4.52 Å². The van der Waals surface area contributed by atoms with Crippen LogP contribution < -0.4 is 5.32 Å². The lowest BCUT2D eigenvalue weighted by Gasteiger charge is -2.31. The molecule has 0 unspecified atom stereocenters. The molecule has 1 aliphatic heterocycles. The standard InChI is InChI=1S/C14H23N3O2/c1-4-12-13(10(3)19-16-12)14(18)15-11-6-8-17(5-2)9-7-11/h11H,4-9H2,1-3H3,(H,15,18). The first kappa shape index (κ1) is 14.1. The van der Waals surface area contributed by atoms with Gasteiger partial charge in [0.2, 0.25) is 0 Å². The number of piperidine rings is 1. The lowest BCUT2D eigenvalue weighted by molar-refractivity contribution is 0.0910. The molecule has 1 fully saturated rings. The van der Waals surface area contributed by atoms with Gasteiger partial charge in [0, 0.05) is 19.1 Å². The second kappa shape index (κ2) is 6.19. The zero-order valence-electron chi connectivity index (χ0n) is 12.0. The molecule has 1 amide bonds. The molecule has 2 heterocycles. The minimum Gasteiger partial charge on any atom is -0.361 e. The van der Waals surface area contributed by atoms with Gasteiger partial charge in [-0.1, -0.05) is 19.0 Å². The number of nitrogens with one attached hydrogen (secondary N) is 1. The van der Waals surface area contributed by atoms with Gasteiger partial charge in [-0.25, -0.2) is 0 Å². The molecule has 0 aliphatic carbocycles. The Morgan fingerprint density at radius 1 is 1.42 bits per heavy atom. The Balaban J connectivity index is 1.96.